The van der Waals surface area contributed by atoms with Gasteiger partial charge in [0.15, 0.2) is 17.3 Å². The number of aromatic nitrogens is 3. The van der Waals surface area contributed by atoms with Crippen LogP contribution >= 0.6 is 0 Å². The topological polar surface area (TPSA) is 135 Å². The van der Waals surface area contributed by atoms with Crippen LogP contribution in [-0.4, -0.2) is 40.8 Å². The molecule has 0 saturated heterocycles. The Labute approximate surface area is 185 Å². The van der Waals surface area contributed by atoms with E-state index >= 15 is 0 Å². The number of aromatic amines is 2. The van der Waals surface area contributed by atoms with E-state index in [0.29, 0.717) is 28.0 Å². The normalized spacial score (nSPS) is 11.9. The van der Waals surface area contributed by atoms with Crippen molar-refractivity contribution in [2.75, 3.05) is 19.6 Å². The van der Waals surface area contributed by atoms with Gasteiger partial charge in [0, 0.05) is 28.3 Å². The highest BCUT2D eigenvalue weighted by molar-refractivity contribution is 6.27. The summed E-state index contributed by atoms with van der Waals surface area (Å²) in [6, 6.07) is 11.4. The molecule has 2 aromatic carbocycles. The summed E-state index contributed by atoms with van der Waals surface area (Å²) in [6.07, 6.45) is -0.192. The van der Waals surface area contributed by atoms with Gasteiger partial charge in [0.05, 0.1) is 37.3 Å². The van der Waals surface area contributed by atoms with E-state index in [-0.39, 0.29) is 40.2 Å². The second-order valence-electron chi connectivity index (χ2n) is 7.46. The number of nitrogens with one attached hydrogen (secondary N) is 3. The zero-order valence-electron chi connectivity index (χ0n) is 17.6. The van der Waals surface area contributed by atoms with E-state index in [4.69, 9.17) is 9.47 Å². The summed E-state index contributed by atoms with van der Waals surface area (Å²) in [5.41, 5.74) is 3.50. The smallest absolute Gasteiger partial charge is 0.281 e. The Morgan fingerprint density at radius 3 is 2.42 bits per heavy atom. The second-order valence-corrected chi connectivity index (χ2v) is 7.46. The second kappa shape index (κ2) is 7.52. The molecule has 10 heteroatoms. The minimum atomic E-state index is -0.583. The molecule has 0 radical (unpaired) electrons. The molecule has 1 amide bonds. The summed E-state index contributed by atoms with van der Waals surface area (Å²) in [6.45, 7) is 0. The molecule has 0 atom stereocenters. The van der Waals surface area contributed by atoms with Gasteiger partial charge in [0.1, 0.15) is 0 Å². The molecule has 0 saturated carbocycles. The lowest BCUT2D eigenvalue weighted by Crippen LogP contribution is -2.36. The minimum absolute atomic E-state index is 0.104. The van der Waals surface area contributed by atoms with Crippen LogP contribution in [-0.2, 0) is 11.2 Å². The summed E-state index contributed by atoms with van der Waals surface area (Å²) in [5, 5.41) is 5.46. The molecule has 4 aromatic rings. The highest BCUT2D eigenvalue weighted by Crippen LogP contribution is 2.42. The SMILES string of the molecule is COc1ccc2c3c(n(NC(=O)Cc4cc(=O)[nH][nH]4)c(=O)c2c1OC)-c1ccccc1C3=O. The lowest BCUT2D eigenvalue weighted by molar-refractivity contribution is -0.116. The fourth-order valence-electron chi connectivity index (χ4n) is 4.22. The lowest BCUT2D eigenvalue weighted by atomic mass is 10.0. The van der Waals surface area contributed by atoms with E-state index in [1.54, 1.807) is 36.4 Å². The highest BCUT2D eigenvalue weighted by atomic mass is 16.5. The zero-order valence-corrected chi connectivity index (χ0v) is 17.6. The van der Waals surface area contributed by atoms with Crippen molar-refractivity contribution >= 4 is 22.5 Å². The van der Waals surface area contributed by atoms with Crippen molar-refractivity contribution in [3.63, 3.8) is 0 Å². The van der Waals surface area contributed by atoms with E-state index in [9.17, 15) is 19.2 Å². The molecule has 0 spiro atoms. The molecule has 1 aliphatic carbocycles. The number of amides is 1. The maximum Gasteiger partial charge on any atom is 0.281 e. The average molecular weight is 446 g/mol. The molecule has 33 heavy (non-hydrogen) atoms. The van der Waals surface area contributed by atoms with Crippen LogP contribution in [0.1, 0.15) is 21.6 Å². The Balaban J connectivity index is 1.78. The van der Waals surface area contributed by atoms with Crippen molar-refractivity contribution in [3.8, 4) is 22.8 Å². The molecule has 166 valence electrons. The molecular weight excluding hydrogens is 428 g/mol. The van der Waals surface area contributed by atoms with E-state index in [0.717, 1.165) is 4.68 Å². The number of H-pyrrole nitrogens is 2. The number of fused-ring (bicyclic) bond motifs is 5. The van der Waals surface area contributed by atoms with E-state index in [1.165, 1.54) is 20.3 Å². The van der Waals surface area contributed by atoms with Crippen LogP contribution in [0.4, 0.5) is 0 Å². The fraction of sp³-hybridized carbons (Fsp3) is 0.130. The van der Waals surface area contributed by atoms with Gasteiger partial charge in [-0.1, -0.05) is 24.3 Å². The number of hydrogen-bond acceptors (Lipinski definition) is 6. The third-order valence-electron chi connectivity index (χ3n) is 5.59. The van der Waals surface area contributed by atoms with Gasteiger partial charge < -0.3 is 14.6 Å². The van der Waals surface area contributed by atoms with Crippen LogP contribution < -0.4 is 26.0 Å². The Kier molecular flexibility index (Phi) is 4.63. The zero-order chi connectivity index (χ0) is 23.3. The maximum absolute atomic E-state index is 13.7. The quantitative estimate of drug-likeness (QED) is 0.375. The molecule has 2 aromatic heterocycles. The number of rotatable bonds is 5. The van der Waals surface area contributed by atoms with Crippen LogP contribution in [0.5, 0.6) is 11.5 Å². The third kappa shape index (κ3) is 3.03. The van der Waals surface area contributed by atoms with Gasteiger partial charge >= 0.3 is 0 Å². The summed E-state index contributed by atoms with van der Waals surface area (Å²) >= 11 is 0. The number of carbonyl (C=O) groups excluding carboxylic acids is 2. The van der Waals surface area contributed by atoms with Gasteiger partial charge in [-0.05, 0) is 12.1 Å². The van der Waals surface area contributed by atoms with E-state index < -0.39 is 11.5 Å². The van der Waals surface area contributed by atoms with Crippen molar-refractivity contribution in [3.05, 3.63) is 80.0 Å². The lowest BCUT2D eigenvalue weighted by Gasteiger charge is -2.18. The van der Waals surface area contributed by atoms with Crippen molar-refractivity contribution in [1.29, 1.82) is 0 Å². The number of nitrogens with zero attached hydrogens (tertiary/aromatic N) is 1. The Hall–Kier alpha value is -4.60. The van der Waals surface area contributed by atoms with Crippen molar-refractivity contribution in [2.24, 2.45) is 0 Å². The van der Waals surface area contributed by atoms with Crippen LogP contribution in [0, 0.1) is 0 Å². The van der Waals surface area contributed by atoms with E-state index in [2.05, 4.69) is 15.6 Å². The summed E-state index contributed by atoms with van der Waals surface area (Å²) < 4.78 is 11.8. The summed E-state index contributed by atoms with van der Waals surface area (Å²) in [7, 11) is 2.84. The number of pyridine rings is 1. The first kappa shape index (κ1) is 20.3. The monoisotopic (exact) mass is 446 g/mol. The van der Waals surface area contributed by atoms with Gasteiger partial charge in [0.2, 0.25) is 5.91 Å². The predicted molar refractivity (Wildman–Crippen MR) is 120 cm³/mol. The average Bonchev–Trinajstić information content (AvgIpc) is 3.36. The first-order valence-corrected chi connectivity index (χ1v) is 9.98. The first-order chi connectivity index (χ1) is 15.9. The van der Waals surface area contributed by atoms with Crippen molar-refractivity contribution in [2.45, 2.75) is 6.42 Å². The van der Waals surface area contributed by atoms with Gasteiger partial charge in [-0.2, -0.15) is 0 Å². The van der Waals surface area contributed by atoms with Gasteiger partial charge in [-0.3, -0.25) is 29.7 Å². The maximum atomic E-state index is 13.7. The van der Waals surface area contributed by atoms with Crippen LogP contribution in [0.3, 0.4) is 0 Å². The van der Waals surface area contributed by atoms with Crippen molar-refractivity contribution in [1.82, 2.24) is 14.9 Å². The van der Waals surface area contributed by atoms with Gasteiger partial charge in [-0.15, -0.1) is 0 Å². The molecule has 10 nitrogen and oxygen atoms in total. The molecule has 0 unspecified atom stereocenters. The predicted octanol–water partition coefficient (Wildman–Crippen LogP) is 1.56. The fourth-order valence-corrected chi connectivity index (χ4v) is 4.22. The number of methoxy groups -OCH3 is 2. The highest BCUT2D eigenvalue weighted by Gasteiger charge is 2.34. The molecule has 1 aliphatic rings. The van der Waals surface area contributed by atoms with Gasteiger partial charge in [0.25, 0.3) is 11.1 Å². The number of ether oxygens (including phenoxy) is 2. The molecule has 0 fully saturated rings. The molecule has 0 aliphatic heterocycles. The standard InChI is InChI=1S/C23H18N4O6/c1-32-15-8-7-14-18-20(12-5-3-4-6-13(12)21(18)30)27(23(31)19(14)22(15)33-2)26-17(29)10-11-9-16(28)25-24-11/h3-9H,10H2,1-2H3,(H,26,29)(H2,24,25,28). The van der Waals surface area contributed by atoms with Crippen LogP contribution in [0.2, 0.25) is 0 Å². The number of ketones is 1. The third-order valence-corrected chi connectivity index (χ3v) is 5.59. The largest absolute Gasteiger partial charge is 0.493 e. The minimum Gasteiger partial charge on any atom is -0.493 e. The van der Waals surface area contributed by atoms with Gasteiger partial charge in [-0.25, -0.2) is 4.68 Å². The molecule has 3 N–H and O–H groups in total. The summed E-state index contributed by atoms with van der Waals surface area (Å²) in [4.78, 5) is 51.2. The van der Waals surface area contributed by atoms with Crippen LogP contribution in [0.15, 0.2) is 52.1 Å². The Morgan fingerprint density at radius 1 is 1.00 bits per heavy atom. The molecular formula is C23H18N4O6. The Bertz CT molecular complexity index is 1580. The summed E-state index contributed by atoms with van der Waals surface area (Å²) in [5.74, 6) is -0.360. The molecule has 2 heterocycles. The van der Waals surface area contributed by atoms with Crippen molar-refractivity contribution < 1.29 is 19.1 Å². The Morgan fingerprint density at radius 2 is 1.76 bits per heavy atom. The first-order valence-electron chi connectivity index (χ1n) is 9.98. The number of benzene rings is 2. The van der Waals surface area contributed by atoms with Crippen LogP contribution in [0.25, 0.3) is 22.0 Å². The number of hydrogen-bond donors (Lipinski definition) is 3. The molecule has 0 bridgehead atoms. The van der Waals surface area contributed by atoms with E-state index in [1.807, 2.05) is 0 Å². The molecule has 5 rings (SSSR count). The number of carbonyl (C=O) groups is 2.